The maximum absolute atomic E-state index is 2.87. The second-order valence-electron chi connectivity index (χ2n) is 17.5. The molecule has 0 amide bonds. The number of aryl methyl sites for hydroxylation is 2. The first-order valence-electron chi connectivity index (χ1n) is 17.4. The zero-order chi connectivity index (χ0) is 31.6. The number of rotatable bonds is 0. The van der Waals surface area contributed by atoms with Crippen LogP contribution in [-0.2, 0) is 16.2 Å². The molecule has 0 bridgehead atoms. The van der Waals surface area contributed by atoms with Crippen molar-refractivity contribution in [2.45, 2.75) is 117 Å². The number of benzene rings is 4. The van der Waals surface area contributed by atoms with Gasteiger partial charge in [0, 0.05) is 38.8 Å². The quantitative estimate of drug-likeness (QED) is 0.161. The molecule has 1 aromatic heterocycles. The van der Waals surface area contributed by atoms with Gasteiger partial charge in [-0.1, -0.05) is 91.1 Å². The minimum Gasteiger partial charge on any atom is -0.335 e. The highest BCUT2D eigenvalue weighted by Gasteiger charge is 2.61. The zero-order valence-corrected chi connectivity index (χ0v) is 29.0. The van der Waals surface area contributed by atoms with E-state index in [-0.39, 0.29) is 28.5 Å². The third-order valence-corrected chi connectivity index (χ3v) is 12.8. The molecular formula is C42H47BN2. The first-order valence-corrected chi connectivity index (χ1v) is 17.4. The summed E-state index contributed by atoms with van der Waals surface area (Å²) < 4.78 is 2.64. The second kappa shape index (κ2) is 8.27. The van der Waals surface area contributed by atoms with Gasteiger partial charge in [-0.05, 0) is 113 Å². The summed E-state index contributed by atoms with van der Waals surface area (Å²) in [5.41, 5.74) is 19.4. The van der Waals surface area contributed by atoms with Gasteiger partial charge in [0.05, 0.1) is 11.1 Å². The molecule has 1 saturated carbocycles. The van der Waals surface area contributed by atoms with Crippen molar-refractivity contribution in [3.05, 3.63) is 82.4 Å². The van der Waals surface area contributed by atoms with E-state index in [1.807, 2.05) is 0 Å². The van der Waals surface area contributed by atoms with Crippen LogP contribution in [0.3, 0.4) is 0 Å². The lowest BCUT2D eigenvalue weighted by molar-refractivity contribution is 0.194. The molecule has 45 heavy (non-hydrogen) atoms. The normalized spacial score (nSPS) is 23.1. The van der Waals surface area contributed by atoms with Crippen LogP contribution in [0, 0.1) is 13.8 Å². The Morgan fingerprint density at radius 1 is 0.711 bits per heavy atom. The van der Waals surface area contributed by atoms with Crippen LogP contribution in [0.15, 0.2) is 54.6 Å². The van der Waals surface area contributed by atoms with Crippen LogP contribution in [0.5, 0.6) is 0 Å². The summed E-state index contributed by atoms with van der Waals surface area (Å²) >= 11 is 0. The van der Waals surface area contributed by atoms with Gasteiger partial charge in [-0.15, -0.1) is 0 Å². The molecule has 2 atom stereocenters. The van der Waals surface area contributed by atoms with Crippen molar-refractivity contribution in [1.29, 1.82) is 0 Å². The molecule has 3 heteroatoms. The number of aromatic nitrogens is 1. The fraction of sp³-hybridized carbons (Fsp3) is 0.429. The molecule has 2 nitrogen and oxygen atoms in total. The molecule has 0 N–H and O–H groups in total. The standard InChI is InChI=1S/C42H47BN2/c1-24-20-25(2)35-38-34(24)41(9)18-11-12-19-42(41,10)45(38)33-15-13-14-32-36(33)43(35)30-23-27(40(6,7)8)22-29-28-21-26(39(3,4)5)16-17-31(28)44(32)37(29)30/h13-17,20-23H,11-12,18-19H2,1-10H3. The largest absolute Gasteiger partial charge is 0.335 e. The average molecular weight is 591 g/mol. The Labute approximate surface area is 269 Å². The Bertz CT molecular complexity index is 2150. The highest BCUT2D eigenvalue weighted by molar-refractivity contribution is 7.00. The van der Waals surface area contributed by atoms with Crippen molar-refractivity contribution >= 4 is 56.3 Å². The summed E-state index contributed by atoms with van der Waals surface area (Å²) in [5.74, 6) is 0. The number of anilines is 2. The van der Waals surface area contributed by atoms with Gasteiger partial charge in [0.2, 0.25) is 0 Å². The Kier molecular flexibility index (Phi) is 5.11. The van der Waals surface area contributed by atoms with Gasteiger partial charge in [-0.3, -0.25) is 0 Å². The molecule has 9 rings (SSSR count). The Morgan fingerprint density at radius 3 is 2.13 bits per heavy atom. The summed E-state index contributed by atoms with van der Waals surface area (Å²) in [6.07, 6.45) is 5.13. The monoisotopic (exact) mass is 590 g/mol. The van der Waals surface area contributed by atoms with E-state index >= 15 is 0 Å². The van der Waals surface area contributed by atoms with Crippen molar-refractivity contribution in [2.75, 3.05) is 4.90 Å². The molecule has 1 fully saturated rings. The third-order valence-electron chi connectivity index (χ3n) is 12.8. The van der Waals surface area contributed by atoms with Crippen LogP contribution < -0.4 is 21.3 Å². The molecule has 1 aliphatic carbocycles. The van der Waals surface area contributed by atoms with Crippen LogP contribution in [-0.4, -0.2) is 16.8 Å². The van der Waals surface area contributed by atoms with Crippen molar-refractivity contribution < 1.29 is 0 Å². The van der Waals surface area contributed by atoms with Crippen molar-refractivity contribution in [3.8, 4) is 5.69 Å². The summed E-state index contributed by atoms with van der Waals surface area (Å²) in [6.45, 7) is 24.4. The lowest BCUT2D eigenvalue weighted by atomic mass is 9.33. The van der Waals surface area contributed by atoms with Crippen LogP contribution >= 0.6 is 0 Å². The van der Waals surface area contributed by atoms with Gasteiger partial charge in [-0.25, -0.2) is 0 Å². The van der Waals surface area contributed by atoms with Gasteiger partial charge < -0.3 is 9.47 Å². The van der Waals surface area contributed by atoms with Crippen LogP contribution in [0.4, 0.5) is 11.4 Å². The Balaban J connectivity index is 1.49. The predicted molar refractivity (Wildman–Crippen MR) is 195 cm³/mol. The van der Waals surface area contributed by atoms with E-state index in [0.717, 1.165) is 0 Å². The fourth-order valence-electron chi connectivity index (χ4n) is 10.4. The molecule has 5 aromatic rings. The highest BCUT2D eigenvalue weighted by Crippen LogP contribution is 2.62. The molecule has 0 radical (unpaired) electrons. The summed E-state index contributed by atoms with van der Waals surface area (Å²) in [6, 6.07) is 22.2. The second-order valence-corrected chi connectivity index (χ2v) is 17.5. The van der Waals surface area contributed by atoms with Crippen LogP contribution in [0.25, 0.3) is 27.5 Å². The molecule has 4 heterocycles. The Hall–Kier alpha value is -3.46. The molecule has 0 spiro atoms. The number of hydrogen-bond acceptors (Lipinski definition) is 1. The van der Waals surface area contributed by atoms with Crippen molar-refractivity contribution in [2.24, 2.45) is 0 Å². The van der Waals surface area contributed by atoms with Crippen LogP contribution in [0.1, 0.15) is 109 Å². The van der Waals surface area contributed by atoms with E-state index in [1.165, 1.54) is 92.0 Å². The fourth-order valence-corrected chi connectivity index (χ4v) is 10.4. The zero-order valence-electron chi connectivity index (χ0n) is 29.0. The van der Waals surface area contributed by atoms with E-state index < -0.39 is 0 Å². The van der Waals surface area contributed by atoms with Crippen molar-refractivity contribution in [1.82, 2.24) is 4.57 Å². The first kappa shape index (κ1) is 27.8. The lowest BCUT2D eigenvalue weighted by Gasteiger charge is -2.52. The molecular weight excluding hydrogens is 543 g/mol. The SMILES string of the molecule is Cc1cc(C)c2c3c1B1c4c(cccc4-n4c5ccc(C(C)(C)C)cc5c5cc(C(C)(C)C)cc1c54)N3C1(C)CCCCC21C. The smallest absolute Gasteiger partial charge is 0.252 e. The summed E-state index contributed by atoms with van der Waals surface area (Å²) in [5, 5.41) is 2.80. The van der Waals surface area contributed by atoms with E-state index in [9.17, 15) is 0 Å². The molecule has 228 valence electrons. The van der Waals surface area contributed by atoms with Gasteiger partial charge in [0.25, 0.3) is 6.71 Å². The number of fused-ring (bicyclic) bond motifs is 10. The van der Waals surface area contributed by atoms with Gasteiger partial charge in [-0.2, -0.15) is 0 Å². The maximum atomic E-state index is 2.87. The number of nitrogens with zero attached hydrogens (tertiary/aromatic N) is 2. The van der Waals surface area contributed by atoms with E-state index in [0.29, 0.717) is 0 Å². The van der Waals surface area contributed by atoms with Gasteiger partial charge >= 0.3 is 0 Å². The molecule has 3 aliphatic heterocycles. The minimum atomic E-state index is 0.0431. The molecule has 4 aliphatic rings. The highest BCUT2D eigenvalue weighted by atomic mass is 15.3. The molecule has 2 unspecified atom stereocenters. The van der Waals surface area contributed by atoms with Gasteiger partial charge in [0.15, 0.2) is 0 Å². The molecule has 0 saturated heterocycles. The molecule has 4 aromatic carbocycles. The lowest BCUT2D eigenvalue weighted by Crippen LogP contribution is -2.64. The van der Waals surface area contributed by atoms with E-state index in [2.05, 4.69) is 133 Å². The average Bonchev–Trinajstić information content (AvgIpc) is 3.41. The van der Waals surface area contributed by atoms with E-state index in [1.54, 1.807) is 16.7 Å². The van der Waals surface area contributed by atoms with Crippen LogP contribution in [0.2, 0.25) is 0 Å². The summed E-state index contributed by atoms with van der Waals surface area (Å²) in [4.78, 5) is 2.87. The van der Waals surface area contributed by atoms with Gasteiger partial charge in [0.1, 0.15) is 0 Å². The predicted octanol–water partition coefficient (Wildman–Crippen LogP) is 8.88. The first-order chi connectivity index (χ1) is 21.2. The maximum Gasteiger partial charge on any atom is 0.252 e. The van der Waals surface area contributed by atoms with E-state index in [4.69, 9.17) is 0 Å². The Morgan fingerprint density at radius 2 is 1.40 bits per heavy atom. The van der Waals surface area contributed by atoms with Crippen molar-refractivity contribution in [3.63, 3.8) is 0 Å². The number of hydrogen-bond donors (Lipinski definition) is 0. The third kappa shape index (κ3) is 3.18. The minimum absolute atomic E-state index is 0.0431. The topological polar surface area (TPSA) is 8.17 Å². The summed E-state index contributed by atoms with van der Waals surface area (Å²) in [7, 11) is 0.